The lowest BCUT2D eigenvalue weighted by Gasteiger charge is -2.17. The number of nitrogens with one attached hydrogen (secondary N) is 1. The highest BCUT2D eigenvalue weighted by molar-refractivity contribution is 5.96. The molecule has 0 aromatic heterocycles. The van der Waals surface area contributed by atoms with Crippen LogP contribution in [0.25, 0.3) is 0 Å². The first-order valence-corrected chi connectivity index (χ1v) is 6.35. The van der Waals surface area contributed by atoms with Gasteiger partial charge in [-0.1, -0.05) is 0 Å². The van der Waals surface area contributed by atoms with E-state index < -0.39 is 17.7 Å². The summed E-state index contributed by atoms with van der Waals surface area (Å²) in [5.41, 5.74) is 0.158. The zero-order valence-electron chi connectivity index (χ0n) is 11.9. The van der Waals surface area contributed by atoms with E-state index in [1.165, 1.54) is 31.0 Å². The highest BCUT2D eigenvalue weighted by atomic mass is 19.1. The second kappa shape index (κ2) is 7.37. The minimum atomic E-state index is -0.925. The molecule has 6 nitrogen and oxygen atoms in total. The fourth-order valence-corrected chi connectivity index (χ4v) is 1.73. The Morgan fingerprint density at radius 1 is 1.33 bits per heavy atom. The summed E-state index contributed by atoms with van der Waals surface area (Å²) in [6.45, 7) is 1.52. The highest BCUT2D eigenvalue weighted by Gasteiger charge is 2.14. The molecule has 0 saturated heterocycles. The summed E-state index contributed by atoms with van der Waals surface area (Å²) >= 11 is 0. The Balaban J connectivity index is 2.77. The van der Waals surface area contributed by atoms with Gasteiger partial charge in [-0.3, -0.25) is 14.4 Å². The maximum absolute atomic E-state index is 13.5. The first kappa shape index (κ1) is 16.6. The molecule has 7 heteroatoms. The molecule has 114 valence electrons. The van der Waals surface area contributed by atoms with E-state index >= 15 is 0 Å². The molecule has 0 aliphatic heterocycles. The van der Waals surface area contributed by atoms with Gasteiger partial charge in [0.15, 0.2) is 0 Å². The highest BCUT2D eigenvalue weighted by Crippen LogP contribution is 2.17. The average Bonchev–Trinajstić information content (AvgIpc) is 2.39. The van der Waals surface area contributed by atoms with E-state index in [2.05, 4.69) is 5.32 Å². The Bertz CT molecular complexity index is 560. The summed E-state index contributed by atoms with van der Waals surface area (Å²) in [7, 11) is 1.53. The van der Waals surface area contributed by atoms with E-state index in [1.54, 1.807) is 0 Å². The molecule has 0 saturated carbocycles. The SMILES string of the molecule is CC(=O)Nc1cc(C(=O)N(C)CCCC(=O)O)ccc1F. The van der Waals surface area contributed by atoms with Crippen LogP contribution in [0.15, 0.2) is 18.2 Å². The van der Waals surface area contributed by atoms with Crippen molar-refractivity contribution in [3.8, 4) is 0 Å². The van der Waals surface area contributed by atoms with Gasteiger partial charge in [0.1, 0.15) is 5.82 Å². The minimum absolute atomic E-state index is 0.0296. The van der Waals surface area contributed by atoms with Crippen molar-refractivity contribution in [2.24, 2.45) is 0 Å². The topological polar surface area (TPSA) is 86.7 Å². The minimum Gasteiger partial charge on any atom is -0.481 e. The van der Waals surface area contributed by atoms with Crippen molar-refractivity contribution in [1.29, 1.82) is 0 Å². The van der Waals surface area contributed by atoms with Crippen LogP contribution < -0.4 is 5.32 Å². The number of aliphatic carboxylic acids is 1. The fourth-order valence-electron chi connectivity index (χ4n) is 1.73. The second-order valence-electron chi connectivity index (χ2n) is 4.60. The van der Waals surface area contributed by atoms with Crippen molar-refractivity contribution in [1.82, 2.24) is 4.90 Å². The standard InChI is InChI=1S/C14H17FN2O4/c1-9(18)16-12-8-10(5-6-11(12)15)14(21)17(2)7-3-4-13(19)20/h5-6,8H,3-4,7H2,1-2H3,(H,16,18)(H,19,20). The summed E-state index contributed by atoms with van der Waals surface area (Å²) in [6.07, 6.45) is 0.301. The lowest BCUT2D eigenvalue weighted by atomic mass is 10.1. The van der Waals surface area contributed by atoms with Gasteiger partial charge in [-0.05, 0) is 24.6 Å². The molecule has 0 radical (unpaired) electrons. The number of benzene rings is 1. The van der Waals surface area contributed by atoms with Crippen LogP contribution in [0.4, 0.5) is 10.1 Å². The molecule has 0 unspecified atom stereocenters. The van der Waals surface area contributed by atoms with Gasteiger partial charge in [0.05, 0.1) is 5.69 Å². The summed E-state index contributed by atoms with van der Waals surface area (Å²) in [5, 5.41) is 10.9. The third-order valence-corrected chi connectivity index (χ3v) is 2.75. The van der Waals surface area contributed by atoms with Crippen LogP contribution in [0, 0.1) is 5.82 Å². The van der Waals surface area contributed by atoms with Gasteiger partial charge in [-0.2, -0.15) is 0 Å². The van der Waals surface area contributed by atoms with Crippen molar-refractivity contribution in [2.75, 3.05) is 18.9 Å². The van der Waals surface area contributed by atoms with Gasteiger partial charge in [-0.15, -0.1) is 0 Å². The molecule has 0 aliphatic rings. The van der Waals surface area contributed by atoms with Crippen LogP contribution in [0.1, 0.15) is 30.1 Å². The number of amides is 2. The van der Waals surface area contributed by atoms with Crippen LogP contribution >= 0.6 is 0 Å². The van der Waals surface area contributed by atoms with Crippen LogP contribution in [0.3, 0.4) is 0 Å². The molecule has 0 fully saturated rings. The summed E-state index contributed by atoms with van der Waals surface area (Å²) in [4.78, 5) is 34.8. The molecule has 0 aliphatic carbocycles. The average molecular weight is 296 g/mol. The second-order valence-corrected chi connectivity index (χ2v) is 4.60. The zero-order valence-corrected chi connectivity index (χ0v) is 11.9. The van der Waals surface area contributed by atoms with Crippen molar-refractivity contribution in [3.05, 3.63) is 29.6 Å². The lowest BCUT2D eigenvalue weighted by molar-refractivity contribution is -0.137. The quantitative estimate of drug-likeness (QED) is 0.837. The Kier molecular flexibility index (Phi) is 5.83. The van der Waals surface area contributed by atoms with E-state index in [-0.39, 0.29) is 30.1 Å². The van der Waals surface area contributed by atoms with Crippen LogP contribution in [-0.4, -0.2) is 41.4 Å². The van der Waals surface area contributed by atoms with Gasteiger partial charge in [0, 0.05) is 32.5 Å². The lowest BCUT2D eigenvalue weighted by Crippen LogP contribution is -2.28. The van der Waals surface area contributed by atoms with Crippen LogP contribution in [0.2, 0.25) is 0 Å². The number of carbonyl (C=O) groups is 3. The first-order chi connectivity index (χ1) is 9.81. The number of anilines is 1. The van der Waals surface area contributed by atoms with E-state index in [0.29, 0.717) is 6.42 Å². The van der Waals surface area contributed by atoms with Crippen molar-refractivity contribution in [2.45, 2.75) is 19.8 Å². The number of carboxylic acids is 1. The third kappa shape index (κ3) is 5.21. The Morgan fingerprint density at radius 2 is 2.00 bits per heavy atom. The number of halogens is 1. The van der Waals surface area contributed by atoms with Crippen molar-refractivity contribution >= 4 is 23.5 Å². The molecule has 1 aromatic carbocycles. The van der Waals surface area contributed by atoms with Gasteiger partial charge in [-0.25, -0.2) is 4.39 Å². The Hall–Kier alpha value is -2.44. The van der Waals surface area contributed by atoms with E-state index in [9.17, 15) is 18.8 Å². The molecule has 1 aromatic rings. The third-order valence-electron chi connectivity index (χ3n) is 2.75. The van der Waals surface area contributed by atoms with Gasteiger partial charge in [0.25, 0.3) is 5.91 Å². The molecule has 0 atom stereocenters. The molecule has 1 rings (SSSR count). The number of carboxylic acid groups (broad SMARTS) is 1. The Morgan fingerprint density at radius 3 is 2.57 bits per heavy atom. The Labute approximate surface area is 121 Å². The number of hydrogen-bond donors (Lipinski definition) is 2. The smallest absolute Gasteiger partial charge is 0.303 e. The van der Waals surface area contributed by atoms with Gasteiger partial charge < -0.3 is 15.3 Å². The largest absolute Gasteiger partial charge is 0.481 e. The monoisotopic (exact) mass is 296 g/mol. The molecule has 0 heterocycles. The summed E-state index contributed by atoms with van der Waals surface area (Å²) < 4.78 is 13.5. The number of rotatable bonds is 6. The fraction of sp³-hybridized carbons (Fsp3) is 0.357. The van der Waals surface area contributed by atoms with Crippen molar-refractivity contribution < 1.29 is 23.9 Å². The van der Waals surface area contributed by atoms with E-state index in [4.69, 9.17) is 5.11 Å². The molecular formula is C14H17FN2O4. The van der Waals surface area contributed by atoms with Crippen LogP contribution in [0.5, 0.6) is 0 Å². The number of carbonyl (C=O) groups excluding carboxylic acids is 2. The molecular weight excluding hydrogens is 279 g/mol. The summed E-state index contributed by atoms with van der Waals surface area (Å²) in [5.74, 6) is -2.36. The van der Waals surface area contributed by atoms with E-state index in [1.807, 2.05) is 0 Å². The summed E-state index contributed by atoms with van der Waals surface area (Å²) in [6, 6.07) is 3.67. The molecule has 2 N–H and O–H groups in total. The molecule has 0 bridgehead atoms. The normalized spacial score (nSPS) is 10.0. The molecule has 2 amide bonds. The van der Waals surface area contributed by atoms with Crippen LogP contribution in [-0.2, 0) is 9.59 Å². The number of nitrogens with zero attached hydrogens (tertiary/aromatic N) is 1. The number of hydrogen-bond acceptors (Lipinski definition) is 3. The molecule has 21 heavy (non-hydrogen) atoms. The van der Waals surface area contributed by atoms with E-state index in [0.717, 1.165) is 6.07 Å². The zero-order chi connectivity index (χ0) is 16.0. The maximum Gasteiger partial charge on any atom is 0.303 e. The predicted octanol–water partition coefficient (Wildman–Crippen LogP) is 1.72. The molecule has 0 spiro atoms. The maximum atomic E-state index is 13.5. The van der Waals surface area contributed by atoms with Crippen molar-refractivity contribution in [3.63, 3.8) is 0 Å². The first-order valence-electron chi connectivity index (χ1n) is 6.35. The van der Waals surface area contributed by atoms with Gasteiger partial charge in [0.2, 0.25) is 5.91 Å². The van der Waals surface area contributed by atoms with Gasteiger partial charge >= 0.3 is 5.97 Å². The predicted molar refractivity (Wildman–Crippen MR) is 74.5 cm³/mol.